The average molecular weight is 341 g/mol. The fourth-order valence-electron chi connectivity index (χ4n) is 2.99. The van der Waals surface area contributed by atoms with Gasteiger partial charge in [-0.15, -0.1) is 0 Å². The maximum Gasteiger partial charge on any atom is 0.336 e. The number of hydrogen-bond donors (Lipinski definition) is 3. The summed E-state index contributed by atoms with van der Waals surface area (Å²) in [5, 5.41) is 14.4. The summed E-state index contributed by atoms with van der Waals surface area (Å²) in [5.74, 6) is -2.93. The van der Waals surface area contributed by atoms with Crippen LogP contribution in [0.1, 0.15) is 32.6 Å². The number of nitrogens with one attached hydrogen (secondary N) is 2. The van der Waals surface area contributed by atoms with Crippen molar-refractivity contribution in [1.29, 1.82) is 0 Å². The number of ether oxygens (including phenoxy) is 1. The minimum absolute atomic E-state index is 0.270. The number of carboxylic acids is 1. The van der Waals surface area contributed by atoms with E-state index in [2.05, 4.69) is 10.6 Å². The standard InChI is InChI=1S/C15H23N3O6/c1-9(17-13(21)10-4-2-6-16-10)14(22)24-15(23)11-5-3-7-18(11)8-12(19)20/h9-11,16H,2-8H2,1H3,(H,17,21)(H,19,20)/t9-,10-,11-/m0/s1. The molecule has 2 aliphatic heterocycles. The van der Waals surface area contributed by atoms with Crippen molar-refractivity contribution in [1.82, 2.24) is 15.5 Å². The van der Waals surface area contributed by atoms with Gasteiger partial charge in [-0.2, -0.15) is 0 Å². The first-order valence-corrected chi connectivity index (χ1v) is 8.13. The lowest BCUT2D eigenvalue weighted by molar-refractivity contribution is -0.164. The molecule has 3 N–H and O–H groups in total. The zero-order chi connectivity index (χ0) is 17.7. The summed E-state index contributed by atoms with van der Waals surface area (Å²) >= 11 is 0. The Balaban J connectivity index is 1.82. The van der Waals surface area contributed by atoms with Gasteiger partial charge in [-0.1, -0.05) is 0 Å². The molecule has 0 bridgehead atoms. The molecule has 1 amide bonds. The lowest BCUT2D eigenvalue weighted by atomic mass is 10.2. The van der Waals surface area contributed by atoms with Crippen molar-refractivity contribution in [2.75, 3.05) is 19.6 Å². The maximum atomic E-state index is 12.1. The molecule has 0 aromatic rings. The fraction of sp³-hybridized carbons (Fsp3) is 0.733. The molecule has 0 aliphatic carbocycles. The summed E-state index contributed by atoms with van der Waals surface area (Å²) in [4.78, 5) is 48.3. The van der Waals surface area contributed by atoms with Gasteiger partial charge in [-0.3, -0.25) is 14.5 Å². The Morgan fingerprint density at radius 2 is 2.04 bits per heavy atom. The van der Waals surface area contributed by atoms with E-state index in [0.717, 1.165) is 13.0 Å². The van der Waals surface area contributed by atoms with E-state index in [0.29, 0.717) is 25.8 Å². The second-order valence-corrected chi connectivity index (χ2v) is 6.14. The molecule has 2 saturated heterocycles. The number of carbonyl (C=O) groups is 4. The highest BCUT2D eigenvalue weighted by Crippen LogP contribution is 2.18. The Morgan fingerprint density at radius 1 is 1.29 bits per heavy atom. The lowest BCUT2D eigenvalue weighted by Gasteiger charge is -2.21. The zero-order valence-corrected chi connectivity index (χ0v) is 13.6. The van der Waals surface area contributed by atoms with Crippen molar-refractivity contribution in [2.24, 2.45) is 0 Å². The van der Waals surface area contributed by atoms with Gasteiger partial charge >= 0.3 is 17.9 Å². The molecule has 0 aromatic heterocycles. The normalized spacial score (nSPS) is 25.2. The Morgan fingerprint density at radius 3 is 2.67 bits per heavy atom. The minimum Gasteiger partial charge on any atom is -0.480 e. The van der Waals surface area contributed by atoms with Gasteiger partial charge in [-0.25, -0.2) is 9.59 Å². The fourth-order valence-corrected chi connectivity index (χ4v) is 2.99. The molecule has 9 nitrogen and oxygen atoms in total. The third kappa shape index (κ3) is 4.75. The van der Waals surface area contributed by atoms with E-state index < -0.39 is 30.0 Å². The van der Waals surface area contributed by atoms with Crippen LogP contribution in [-0.2, 0) is 23.9 Å². The number of carbonyl (C=O) groups excluding carboxylic acids is 3. The SMILES string of the molecule is C[C@H](NC(=O)[C@@H]1CCCN1)C(=O)OC(=O)[C@@H]1CCCN1CC(=O)O. The van der Waals surface area contributed by atoms with Crippen LogP contribution >= 0.6 is 0 Å². The summed E-state index contributed by atoms with van der Waals surface area (Å²) < 4.78 is 4.82. The van der Waals surface area contributed by atoms with Crippen LogP contribution in [0.25, 0.3) is 0 Å². The van der Waals surface area contributed by atoms with Crippen LogP contribution in [0.3, 0.4) is 0 Å². The Hall–Kier alpha value is -2.00. The van der Waals surface area contributed by atoms with Crippen molar-refractivity contribution in [2.45, 2.75) is 50.7 Å². The number of amides is 1. The quantitative estimate of drug-likeness (QED) is 0.409. The molecule has 0 radical (unpaired) electrons. The van der Waals surface area contributed by atoms with E-state index in [9.17, 15) is 19.2 Å². The summed E-state index contributed by atoms with van der Waals surface area (Å²) in [5.41, 5.74) is 0. The molecule has 134 valence electrons. The summed E-state index contributed by atoms with van der Waals surface area (Å²) in [6.07, 6.45) is 2.72. The molecule has 0 saturated carbocycles. The van der Waals surface area contributed by atoms with Crippen LogP contribution in [0, 0.1) is 0 Å². The third-order valence-electron chi connectivity index (χ3n) is 4.26. The molecule has 0 aromatic carbocycles. The number of likely N-dealkylation sites (tertiary alicyclic amines) is 1. The van der Waals surface area contributed by atoms with Crippen molar-refractivity contribution < 1.29 is 29.0 Å². The number of rotatable bonds is 6. The van der Waals surface area contributed by atoms with Gasteiger partial charge in [0.05, 0.1) is 12.6 Å². The second-order valence-electron chi connectivity index (χ2n) is 6.14. The van der Waals surface area contributed by atoms with Crippen LogP contribution in [0.2, 0.25) is 0 Å². The molecular formula is C15H23N3O6. The Bertz CT molecular complexity index is 517. The van der Waals surface area contributed by atoms with Crippen LogP contribution in [-0.4, -0.2) is 71.6 Å². The largest absolute Gasteiger partial charge is 0.480 e. The van der Waals surface area contributed by atoms with Crippen LogP contribution in [0.15, 0.2) is 0 Å². The number of hydrogen-bond acceptors (Lipinski definition) is 7. The van der Waals surface area contributed by atoms with E-state index in [1.165, 1.54) is 11.8 Å². The highest BCUT2D eigenvalue weighted by atomic mass is 16.6. The highest BCUT2D eigenvalue weighted by Gasteiger charge is 2.35. The van der Waals surface area contributed by atoms with Gasteiger partial charge in [0, 0.05) is 0 Å². The van der Waals surface area contributed by atoms with Gasteiger partial charge in [0.2, 0.25) is 5.91 Å². The van der Waals surface area contributed by atoms with Gasteiger partial charge in [-0.05, 0) is 45.7 Å². The monoisotopic (exact) mass is 341 g/mol. The number of nitrogens with zero attached hydrogens (tertiary/aromatic N) is 1. The van der Waals surface area contributed by atoms with Crippen molar-refractivity contribution in [3.05, 3.63) is 0 Å². The highest BCUT2D eigenvalue weighted by molar-refractivity contribution is 5.93. The predicted molar refractivity (Wildman–Crippen MR) is 82.0 cm³/mol. The molecular weight excluding hydrogens is 318 g/mol. The summed E-state index contributed by atoms with van der Waals surface area (Å²) in [6, 6.07) is -2.00. The van der Waals surface area contributed by atoms with E-state index in [-0.39, 0.29) is 18.5 Å². The number of esters is 2. The van der Waals surface area contributed by atoms with Gasteiger partial charge in [0.25, 0.3) is 0 Å². The van der Waals surface area contributed by atoms with Crippen molar-refractivity contribution >= 4 is 23.8 Å². The summed E-state index contributed by atoms with van der Waals surface area (Å²) in [6.45, 7) is 2.41. The smallest absolute Gasteiger partial charge is 0.336 e. The van der Waals surface area contributed by atoms with E-state index in [1.807, 2.05) is 0 Å². The first kappa shape index (κ1) is 18.3. The molecule has 24 heavy (non-hydrogen) atoms. The Kier molecular flexibility index (Phi) is 6.27. The third-order valence-corrected chi connectivity index (χ3v) is 4.26. The van der Waals surface area contributed by atoms with Crippen LogP contribution in [0.4, 0.5) is 0 Å². The van der Waals surface area contributed by atoms with E-state index in [4.69, 9.17) is 9.84 Å². The first-order chi connectivity index (χ1) is 11.4. The lowest BCUT2D eigenvalue weighted by Crippen LogP contribution is -2.49. The van der Waals surface area contributed by atoms with Crippen LogP contribution in [0.5, 0.6) is 0 Å². The molecule has 9 heteroatoms. The number of carboxylic acid groups (broad SMARTS) is 1. The molecule has 3 atom stereocenters. The minimum atomic E-state index is -1.04. The topological polar surface area (TPSA) is 125 Å². The van der Waals surface area contributed by atoms with Crippen LogP contribution < -0.4 is 10.6 Å². The zero-order valence-electron chi connectivity index (χ0n) is 13.6. The maximum absolute atomic E-state index is 12.1. The van der Waals surface area contributed by atoms with Gasteiger partial charge < -0.3 is 20.5 Å². The average Bonchev–Trinajstić information content (AvgIpc) is 3.17. The van der Waals surface area contributed by atoms with E-state index in [1.54, 1.807) is 0 Å². The number of aliphatic carboxylic acids is 1. The molecule has 2 aliphatic rings. The molecule has 0 unspecified atom stereocenters. The molecule has 2 fully saturated rings. The second kappa shape index (κ2) is 8.20. The predicted octanol–water partition coefficient (Wildman–Crippen LogP) is -1.14. The summed E-state index contributed by atoms with van der Waals surface area (Å²) in [7, 11) is 0. The van der Waals surface area contributed by atoms with Gasteiger partial charge in [0.1, 0.15) is 12.1 Å². The van der Waals surface area contributed by atoms with Crippen molar-refractivity contribution in [3.63, 3.8) is 0 Å². The van der Waals surface area contributed by atoms with Crippen molar-refractivity contribution in [3.8, 4) is 0 Å². The molecule has 2 heterocycles. The molecule has 2 rings (SSSR count). The Labute approximate surface area is 139 Å². The van der Waals surface area contributed by atoms with Gasteiger partial charge in [0.15, 0.2) is 0 Å². The van der Waals surface area contributed by atoms with E-state index >= 15 is 0 Å². The molecule has 0 spiro atoms. The first-order valence-electron chi connectivity index (χ1n) is 8.13.